The molecular formula is C26H42ClN3O2S. The second kappa shape index (κ2) is 12.0. The Morgan fingerprint density at radius 3 is 2.39 bits per heavy atom. The predicted molar refractivity (Wildman–Crippen MR) is 138 cm³/mol. The molecule has 7 heteroatoms. The number of unbranched alkanes of at least 4 members (excludes halogenated alkanes) is 1. The SMILES string of the molecule is CCCCN1C(=O)C(CC2CCCCC2)NC(=O)C12CCN(Cc1ccc(CC)s1)CC2.Cl. The lowest BCUT2D eigenvalue weighted by atomic mass is 9.79. The summed E-state index contributed by atoms with van der Waals surface area (Å²) in [7, 11) is 0. The summed E-state index contributed by atoms with van der Waals surface area (Å²) in [6.07, 6.45) is 11.7. The highest BCUT2D eigenvalue weighted by Gasteiger charge is 2.53. The second-order valence-electron chi connectivity index (χ2n) is 10.1. The van der Waals surface area contributed by atoms with E-state index in [-0.39, 0.29) is 30.3 Å². The highest BCUT2D eigenvalue weighted by molar-refractivity contribution is 7.11. The van der Waals surface area contributed by atoms with E-state index in [2.05, 4.69) is 36.2 Å². The molecule has 2 saturated heterocycles. The molecule has 5 nitrogen and oxygen atoms in total. The number of carbonyl (C=O) groups excluding carboxylic acids is 2. The molecule has 2 aliphatic heterocycles. The molecule has 3 aliphatic rings. The third-order valence-corrected chi connectivity index (χ3v) is 9.18. The summed E-state index contributed by atoms with van der Waals surface area (Å²) in [5.41, 5.74) is -0.643. The van der Waals surface area contributed by atoms with E-state index in [1.165, 1.54) is 41.9 Å². The third kappa shape index (κ3) is 5.94. The van der Waals surface area contributed by atoms with Gasteiger partial charge in [-0.25, -0.2) is 0 Å². The Kier molecular flexibility index (Phi) is 9.66. The highest BCUT2D eigenvalue weighted by atomic mass is 35.5. The van der Waals surface area contributed by atoms with E-state index in [1.54, 1.807) is 0 Å². The Labute approximate surface area is 210 Å². The van der Waals surface area contributed by atoms with Crippen LogP contribution >= 0.6 is 23.7 Å². The number of nitrogens with zero attached hydrogens (tertiary/aromatic N) is 2. The van der Waals surface area contributed by atoms with Gasteiger partial charge in [0.25, 0.3) is 0 Å². The Morgan fingerprint density at radius 2 is 1.76 bits per heavy atom. The van der Waals surface area contributed by atoms with Crippen molar-refractivity contribution in [3.63, 3.8) is 0 Å². The number of likely N-dealkylation sites (tertiary alicyclic amines) is 1. The van der Waals surface area contributed by atoms with Crippen LogP contribution in [-0.4, -0.2) is 52.8 Å². The maximum Gasteiger partial charge on any atom is 0.246 e. The minimum atomic E-state index is -0.643. The van der Waals surface area contributed by atoms with Gasteiger partial charge < -0.3 is 10.2 Å². The molecule has 3 heterocycles. The first kappa shape index (κ1) is 26.5. The van der Waals surface area contributed by atoms with Gasteiger partial charge in [0.15, 0.2) is 0 Å². The van der Waals surface area contributed by atoms with Crippen molar-refractivity contribution >= 4 is 35.6 Å². The smallest absolute Gasteiger partial charge is 0.246 e. The van der Waals surface area contributed by atoms with Crippen LogP contribution in [0.25, 0.3) is 0 Å². The Hall–Kier alpha value is -1.11. The molecule has 1 aliphatic carbocycles. The van der Waals surface area contributed by atoms with Gasteiger partial charge in [-0.2, -0.15) is 0 Å². The van der Waals surface area contributed by atoms with Crippen molar-refractivity contribution in [2.45, 2.75) is 103 Å². The van der Waals surface area contributed by atoms with E-state index >= 15 is 0 Å². The van der Waals surface area contributed by atoms with Gasteiger partial charge in [-0.1, -0.05) is 52.4 Å². The number of carbonyl (C=O) groups is 2. The average Bonchev–Trinajstić information content (AvgIpc) is 3.27. The molecule has 0 bridgehead atoms. The number of hydrogen-bond donors (Lipinski definition) is 1. The van der Waals surface area contributed by atoms with Crippen LogP contribution in [0.15, 0.2) is 12.1 Å². The number of nitrogens with one attached hydrogen (secondary N) is 1. The molecule has 1 saturated carbocycles. The Morgan fingerprint density at radius 1 is 1.06 bits per heavy atom. The van der Waals surface area contributed by atoms with E-state index < -0.39 is 5.54 Å². The van der Waals surface area contributed by atoms with Crippen LogP contribution in [0.2, 0.25) is 0 Å². The third-order valence-electron chi connectivity index (χ3n) is 7.97. The molecule has 1 unspecified atom stereocenters. The Bertz CT molecular complexity index is 784. The molecule has 1 aromatic rings. The molecule has 0 aromatic carbocycles. The van der Waals surface area contributed by atoms with E-state index in [9.17, 15) is 9.59 Å². The second-order valence-corrected chi connectivity index (χ2v) is 11.4. The summed E-state index contributed by atoms with van der Waals surface area (Å²) < 4.78 is 0. The van der Waals surface area contributed by atoms with E-state index in [0.29, 0.717) is 12.5 Å². The molecule has 1 aromatic heterocycles. The molecule has 4 rings (SSSR count). The first-order chi connectivity index (χ1) is 15.6. The van der Waals surface area contributed by atoms with E-state index in [0.717, 1.165) is 58.2 Å². The highest BCUT2D eigenvalue weighted by Crippen LogP contribution is 2.36. The van der Waals surface area contributed by atoms with Crippen LogP contribution in [0, 0.1) is 5.92 Å². The zero-order chi connectivity index (χ0) is 22.6. The van der Waals surface area contributed by atoms with Crippen LogP contribution in [0.1, 0.15) is 87.8 Å². The lowest BCUT2D eigenvalue weighted by Crippen LogP contribution is -2.73. The topological polar surface area (TPSA) is 52.7 Å². The van der Waals surface area contributed by atoms with Gasteiger partial charge in [-0.3, -0.25) is 14.5 Å². The largest absolute Gasteiger partial charge is 0.342 e. The van der Waals surface area contributed by atoms with Crippen molar-refractivity contribution in [1.29, 1.82) is 0 Å². The number of piperidine rings is 1. The maximum atomic E-state index is 13.6. The standard InChI is InChI=1S/C26H41N3O2S.ClH/c1-3-5-15-29-24(30)23(18-20-9-7-6-8-10-20)27-25(31)26(29)13-16-28(17-14-26)19-22-12-11-21(4-2)32-22;/h11-12,20,23H,3-10,13-19H2,1-2H3,(H,27,31);1H. The zero-order valence-corrected chi connectivity index (χ0v) is 22.1. The van der Waals surface area contributed by atoms with Gasteiger partial charge in [-0.15, -0.1) is 23.7 Å². The fraction of sp³-hybridized carbons (Fsp3) is 0.769. The van der Waals surface area contributed by atoms with Crippen molar-refractivity contribution in [1.82, 2.24) is 15.1 Å². The minimum Gasteiger partial charge on any atom is -0.342 e. The molecule has 33 heavy (non-hydrogen) atoms. The summed E-state index contributed by atoms with van der Waals surface area (Å²) in [5.74, 6) is 0.877. The van der Waals surface area contributed by atoms with Crippen LogP contribution in [0.3, 0.4) is 0 Å². The minimum absolute atomic E-state index is 0. The number of aryl methyl sites for hydroxylation is 1. The van der Waals surface area contributed by atoms with Gasteiger partial charge >= 0.3 is 0 Å². The maximum absolute atomic E-state index is 13.6. The summed E-state index contributed by atoms with van der Waals surface area (Å²) in [5, 5.41) is 3.21. The fourth-order valence-corrected chi connectivity index (χ4v) is 6.93. The van der Waals surface area contributed by atoms with Crippen LogP contribution in [0.4, 0.5) is 0 Å². The zero-order valence-electron chi connectivity index (χ0n) is 20.4. The number of thiophene rings is 1. The molecule has 186 valence electrons. The van der Waals surface area contributed by atoms with E-state index in [4.69, 9.17) is 0 Å². The first-order valence-electron chi connectivity index (χ1n) is 13.0. The number of piperazine rings is 1. The molecule has 0 radical (unpaired) electrons. The molecule has 3 fully saturated rings. The van der Waals surface area contributed by atoms with Gasteiger partial charge in [0.05, 0.1) is 0 Å². The molecular weight excluding hydrogens is 454 g/mol. The average molecular weight is 496 g/mol. The van der Waals surface area contributed by atoms with Crippen molar-refractivity contribution in [3.05, 3.63) is 21.9 Å². The summed E-state index contributed by atoms with van der Waals surface area (Å²) in [4.78, 5) is 34.5. The molecule has 1 spiro atoms. The van der Waals surface area contributed by atoms with Gasteiger partial charge in [-0.05, 0) is 50.2 Å². The number of hydrogen-bond acceptors (Lipinski definition) is 4. The summed E-state index contributed by atoms with van der Waals surface area (Å²) >= 11 is 1.90. The number of rotatable bonds is 8. The van der Waals surface area contributed by atoms with Crippen LogP contribution < -0.4 is 5.32 Å². The monoisotopic (exact) mass is 495 g/mol. The fourth-order valence-electron chi connectivity index (χ4n) is 5.93. The van der Waals surface area contributed by atoms with Crippen molar-refractivity contribution in [2.75, 3.05) is 19.6 Å². The van der Waals surface area contributed by atoms with Gasteiger partial charge in [0.2, 0.25) is 11.8 Å². The van der Waals surface area contributed by atoms with Crippen molar-refractivity contribution in [2.24, 2.45) is 5.92 Å². The Balaban J connectivity index is 0.00000306. The van der Waals surface area contributed by atoms with Gasteiger partial charge in [0.1, 0.15) is 11.6 Å². The summed E-state index contributed by atoms with van der Waals surface area (Å²) in [6.45, 7) is 7.77. The van der Waals surface area contributed by atoms with E-state index in [1.807, 2.05) is 16.2 Å². The van der Waals surface area contributed by atoms with Crippen LogP contribution in [-0.2, 0) is 22.6 Å². The van der Waals surface area contributed by atoms with Crippen molar-refractivity contribution in [3.8, 4) is 0 Å². The normalized spacial score (nSPS) is 24.1. The van der Waals surface area contributed by atoms with Crippen LogP contribution in [0.5, 0.6) is 0 Å². The molecule has 2 amide bonds. The van der Waals surface area contributed by atoms with Gasteiger partial charge in [0, 0.05) is 35.9 Å². The molecule has 1 atom stereocenters. The lowest BCUT2D eigenvalue weighted by molar-refractivity contribution is -0.162. The number of amides is 2. The first-order valence-corrected chi connectivity index (χ1v) is 13.8. The molecule has 1 N–H and O–H groups in total. The van der Waals surface area contributed by atoms with Crippen molar-refractivity contribution < 1.29 is 9.59 Å². The summed E-state index contributed by atoms with van der Waals surface area (Å²) in [6, 6.07) is 4.16. The lowest BCUT2D eigenvalue weighted by Gasteiger charge is -2.52. The quantitative estimate of drug-likeness (QED) is 0.541. The number of halogens is 1. The predicted octanol–water partition coefficient (Wildman–Crippen LogP) is 5.16.